The van der Waals surface area contributed by atoms with E-state index in [4.69, 9.17) is 0 Å². The zero-order chi connectivity index (χ0) is 14.1. The molecule has 2 heterocycles. The summed E-state index contributed by atoms with van der Waals surface area (Å²) in [6, 6.07) is 5.78. The van der Waals surface area contributed by atoms with E-state index < -0.39 is 0 Å². The highest BCUT2D eigenvalue weighted by Crippen LogP contribution is 2.38. The maximum Gasteiger partial charge on any atom is 0.217 e. The maximum atomic E-state index is 11.1. The lowest BCUT2D eigenvalue weighted by Gasteiger charge is -2.05. The first-order valence-electron chi connectivity index (χ1n) is 6.78. The first-order valence-corrected chi connectivity index (χ1v) is 6.78. The summed E-state index contributed by atoms with van der Waals surface area (Å²) in [5.74, 6) is 2.71. The van der Waals surface area contributed by atoms with Crippen molar-refractivity contribution in [3.8, 4) is 5.82 Å². The fourth-order valence-corrected chi connectivity index (χ4v) is 2.02. The number of hydrogen-bond acceptors (Lipinski definition) is 4. The summed E-state index contributed by atoms with van der Waals surface area (Å²) < 4.78 is 1.73. The molecular formula is C14H17N5O. The molecule has 1 saturated carbocycles. The smallest absolute Gasteiger partial charge is 0.217 e. The molecule has 104 valence electrons. The van der Waals surface area contributed by atoms with Gasteiger partial charge < -0.3 is 5.32 Å². The SMILES string of the molecule is CC(=O)NCc1nc(C2CC2)nn1-c1cccc(C)n1. The summed E-state index contributed by atoms with van der Waals surface area (Å²) in [6.07, 6.45) is 2.29. The minimum absolute atomic E-state index is 0.0790. The first-order chi connectivity index (χ1) is 9.63. The van der Waals surface area contributed by atoms with Crippen LogP contribution in [0.2, 0.25) is 0 Å². The molecule has 6 heteroatoms. The number of amides is 1. The summed E-state index contributed by atoms with van der Waals surface area (Å²) in [4.78, 5) is 20.1. The van der Waals surface area contributed by atoms with E-state index in [1.165, 1.54) is 6.92 Å². The number of hydrogen-bond donors (Lipinski definition) is 1. The van der Waals surface area contributed by atoms with Gasteiger partial charge >= 0.3 is 0 Å². The Morgan fingerprint density at radius 2 is 2.20 bits per heavy atom. The summed E-state index contributed by atoms with van der Waals surface area (Å²) >= 11 is 0. The van der Waals surface area contributed by atoms with Crippen LogP contribution < -0.4 is 5.32 Å². The highest BCUT2D eigenvalue weighted by molar-refractivity contribution is 5.72. The lowest BCUT2D eigenvalue weighted by molar-refractivity contribution is -0.119. The largest absolute Gasteiger partial charge is 0.349 e. The van der Waals surface area contributed by atoms with Gasteiger partial charge in [0.25, 0.3) is 0 Å². The van der Waals surface area contributed by atoms with Crippen molar-refractivity contribution in [2.24, 2.45) is 0 Å². The third-order valence-electron chi connectivity index (χ3n) is 3.22. The molecule has 0 spiro atoms. The van der Waals surface area contributed by atoms with Crippen molar-refractivity contribution in [2.45, 2.75) is 39.2 Å². The molecule has 0 radical (unpaired) electrons. The Bertz CT molecular complexity index is 645. The molecule has 0 aliphatic heterocycles. The predicted octanol–water partition coefficient (Wildman–Crippen LogP) is 1.48. The molecular weight excluding hydrogens is 254 g/mol. The van der Waals surface area contributed by atoms with E-state index in [2.05, 4.69) is 20.4 Å². The summed E-state index contributed by atoms with van der Waals surface area (Å²) in [5, 5.41) is 7.32. The highest BCUT2D eigenvalue weighted by atomic mass is 16.1. The zero-order valence-corrected chi connectivity index (χ0v) is 11.6. The van der Waals surface area contributed by atoms with Crippen LogP contribution in [0.3, 0.4) is 0 Å². The average Bonchev–Trinajstić information content (AvgIpc) is 3.17. The zero-order valence-electron chi connectivity index (χ0n) is 11.6. The highest BCUT2D eigenvalue weighted by Gasteiger charge is 2.29. The van der Waals surface area contributed by atoms with Gasteiger partial charge in [-0.2, -0.15) is 4.68 Å². The molecule has 2 aromatic heterocycles. The monoisotopic (exact) mass is 271 g/mol. The molecule has 2 aromatic rings. The van der Waals surface area contributed by atoms with Gasteiger partial charge in [0.15, 0.2) is 17.5 Å². The third kappa shape index (κ3) is 2.68. The second-order valence-corrected chi connectivity index (χ2v) is 5.12. The van der Waals surface area contributed by atoms with Crippen LogP contribution in [-0.2, 0) is 11.3 Å². The molecule has 0 unspecified atom stereocenters. The van der Waals surface area contributed by atoms with Crippen molar-refractivity contribution in [2.75, 3.05) is 0 Å². The quantitative estimate of drug-likeness (QED) is 0.914. The van der Waals surface area contributed by atoms with Crippen LogP contribution in [0.25, 0.3) is 5.82 Å². The molecule has 0 aromatic carbocycles. The number of carbonyl (C=O) groups excluding carboxylic acids is 1. The summed E-state index contributed by atoms with van der Waals surface area (Å²) in [7, 11) is 0. The van der Waals surface area contributed by atoms with E-state index in [0.29, 0.717) is 12.5 Å². The lowest BCUT2D eigenvalue weighted by Crippen LogP contribution is -2.21. The number of rotatable bonds is 4. The molecule has 6 nitrogen and oxygen atoms in total. The minimum Gasteiger partial charge on any atom is -0.349 e. The van der Waals surface area contributed by atoms with Crippen molar-refractivity contribution in [1.29, 1.82) is 0 Å². The molecule has 1 fully saturated rings. The molecule has 0 saturated heterocycles. The van der Waals surface area contributed by atoms with Crippen molar-refractivity contribution in [3.63, 3.8) is 0 Å². The maximum absolute atomic E-state index is 11.1. The van der Waals surface area contributed by atoms with Gasteiger partial charge in [0, 0.05) is 18.5 Å². The number of nitrogens with one attached hydrogen (secondary N) is 1. The average molecular weight is 271 g/mol. The summed E-state index contributed by atoms with van der Waals surface area (Å²) in [5.41, 5.74) is 0.927. The van der Waals surface area contributed by atoms with Gasteiger partial charge in [-0.3, -0.25) is 4.79 Å². The molecule has 1 aliphatic carbocycles. The fourth-order valence-electron chi connectivity index (χ4n) is 2.02. The van der Waals surface area contributed by atoms with Crippen molar-refractivity contribution in [1.82, 2.24) is 25.1 Å². The van der Waals surface area contributed by atoms with Gasteiger partial charge in [-0.1, -0.05) is 6.07 Å². The standard InChI is InChI=1S/C14H17N5O/c1-9-4-3-5-12(16-9)19-13(8-15-10(2)20)17-14(18-19)11-6-7-11/h3-5,11H,6-8H2,1-2H3,(H,15,20). The Labute approximate surface area is 117 Å². The Balaban J connectivity index is 1.96. The predicted molar refractivity (Wildman–Crippen MR) is 73.4 cm³/mol. The molecule has 3 rings (SSSR count). The van der Waals surface area contributed by atoms with Crippen LogP contribution in [0.4, 0.5) is 0 Å². The third-order valence-corrected chi connectivity index (χ3v) is 3.22. The van der Waals surface area contributed by atoms with Gasteiger partial charge in [-0.25, -0.2) is 9.97 Å². The second-order valence-electron chi connectivity index (χ2n) is 5.12. The molecule has 20 heavy (non-hydrogen) atoms. The van der Waals surface area contributed by atoms with E-state index >= 15 is 0 Å². The van der Waals surface area contributed by atoms with Crippen molar-refractivity contribution >= 4 is 5.91 Å². The molecule has 1 N–H and O–H groups in total. The van der Waals surface area contributed by atoms with Gasteiger partial charge in [-0.05, 0) is 31.9 Å². The molecule has 1 aliphatic rings. The number of pyridine rings is 1. The van der Waals surface area contributed by atoms with Gasteiger partial charge in [-0.15, -0.1) is 5.10 Å². The Morgan fingerprint density at radius 1 is 1.40 bits per heavy atom. The van der Waals surface area contributed by atoms with Crippen LogP contribution in [0.15, 0.2) is 18.2 Å². The van der Waals surface area contributed by atoms with Crippen molar-refractivity contribution < 1.29 is 4.79 Å². The lowest BCUT2D eigenvalue weighted by atomic mass is 10.4. The number of nitrogens with zero attached hydrogens (tertiary/aromatic N) is 4. The van der Waals surface area contributed by atoms with Gasteiger partial charge in [0.05, 0.1) is 6.54 Å². The number of aromatic nitrogens is 4. The van der Waals surface area contributed by atoms with Crippen LogP contribution in [0, 0.1) is 6.92 Å². The Morgan fingerprint density at radius 3 is 2.85 bits per heavy atom. The number of carbonyl (C=O) groups is 1. The van der Waals surface area contributed by atoms with Crippen molar-refractivity contribution in [3.05, 3.63) is 35.5 Å². The topological polar surface area (TPSA) is 72.7 Å². The van der Waals surface area contributed by atoms with E-state index in [0.717, 1.165) is 36.0 Å². The van der Waals surface area contributed by atoms with E-state index in [1.54, 1.807) is 4.68 Å². The van der Waals surface area contributed by atoms with Crippen LogP contribution >= 0.6 is 0 Å². The fraction of sp³-hybridized carbons (Fsp3) is 0.429. The molecule has 0 atom stereocenters. The first kappa shape index (κ1) is 12.8. The second kappa shape index (κ2) is 5.03. The van der Waals surface area contributed by atoms with E-state index in [-0.39, 0.29) is 5.91 Å². The van der Waals surface area contributed by atoms with E-state index in [1.807, 2.05) is 25.1 Å². The van der Waals surface area contributed by atoms with Crippen LogP contribution in [0.5, 0.6) is 0 Å². The normalized spacial score (nSPS) is 14.3. The number of aryl methyl sites for hydroxylation is 1. The van der Waals surface area contributed by atoms with E-state index in [9.17, 15) is 4.79 Å². The van der Waals surface area contributed by atoms with Gasteiger partial charge in [0.2, 0.25) is 5.91 Å². The van der Waals surface area contributed by atoms with Gasteiger partial charge in [0.1, 0.15) is 0 Å². The Hall–Kier alpha value is -2.24. The summed E-state index contributed by atoms with van der Waals surface area (Å²) in [6.45, 7) is 3.80. The molecule has 1 amide bonds. The Kier molecular flexibility index (Phi) is 3.22. The van der Waals surface area contributed by atoms with Crippen LogP contribution in [0.1, 0.15) is 43.0 Å². The van der Waals surface area contributed by atoms with Crippen LogP contribution in [-0.4, -0.2) is 25.7 Å². The molecule has 0 bridgehead atoms. The minimum atomic E-state index is -0.0790.